The number of carbonyl (C=O) groups excluding carboxylic acids is 1. The van der Waals surface area contributed by atoms with Gasteiger partial charge in [0.05, 0.1) is 5.56 Å². The van der Waals surface area contributed by atoms with Gasteiger partial charge in [-0.1, -0.05) is 6.42 Å². The van der Waals surface area contributed by atoms with Crippen molar-refractivity contribution in [3.63, 3.8) is 0 Å². The predicted molar refractivity (Wildman–Crippen MR) is 75.9 cm³/mol. The first-order valence-electron chi connectivity index (χ1n) is 7.10. The van der Waals surface area contributed by atoms with Gasteiger partial charge in [-0.15, -0.1) is 0 Å². The van der Waals surface area contributed by atoms with E-state index in [2.05, 4.69) is 4.98 Å². The molecule has 1 aromatic heterocycles. The van der Waals surface area contributed by atoms with Crippen LogP contribution in [-0.2, 0) is 0 Å². The number of aromatic nitrogens is 1. The summed E-state index contributed by atoms with van der Waals surface area (Å²) in [5.41, 5.74) is 7.53. The van der Waals surface area contributed by atoms with Gasteiger partial charge in [0, 0.05) is 25.0 Å². The summed E-state index contributed by atoms with van der Waals surface area (Å²) in [6.45, 7) is 5.39. The Labute approximate surface area is 115 Å². The van der Waals surface area contributed by atoms with Crippen LogP contribution in [0.2, 0.25) is 0 Å². The molecule has 0 saturated heterocycles. The van der Waals surface area contributed by atoms with Crippen molar-refractivity contribution in [2.45, 2.75) is 39.2 Å². The average molecular weight is 261 g/mol. The Morgan fingerprint density at radius 1 is 1.47 bits per heavy atom. The zero-order valence-corrected chi connectivity index (χ0v) is 11.8. The molecule has 4 nitrogen and oxygen atoms in total. The highest BCUT2D eigenvalue weighted by Crippen LogP contribution is 2.30. The predicted octanol–water partition coefficient (Wildman–Crippen LogP) is 1.98. The molecular formula is C15H23N3O. The summed E-state index contributed by atoms with van der Waals surface area (Å²) in [6, 6.07) is 2.20. The number of rotatable bonds is 4. The van der Waals surface area contributed by atoms with E-state index < -0.39 is 0 Å². The largest absolute Gasteiger partial charge is 0.336 e. The van der Waals surface area contributed by atoms with Crippen LogP contribution >= 0.6 is 0 Å². The Kier molecular flexibility index (Phi) is 4.53. The van der Waals surface area contributed by atoms with Crippen LogP contribution in [0.15, 0.2) is 18.5 Å². The highest BCUT2D eigenvalue weighted by atomic mass is 16.2. The second-order valence-corrected chi connectivity index (χ2v) is 5.34. The van der Waals surface area contributed by atoms with Crippen LogP contribution in [0.4, 0.5) is 0 Å². The third-order valence-electron chi connectivity index (χ3n) is 4.05. The van der Waals surface area contributed by atoms with Crippen LogP contribution in [0, 0.1) is 12.8 Å². The van der Waals surface area contributed by atoms with Crippen molar-refractivity contribution in [1.82, 2.24) is 9.88 Å². The van der Waals surface area contributed by atoms with Crippen LogP contribution in [0.5, 0.6) is 0 Å². The van der Waals surface area contributed by atoms with Crippen LogP contribution in [0.1, 0.15) is 42.1 Å². The first-order valence-corrected chi connectivity index (χ1v) is 7.10. The summed E-state index contributed by atoms with van der Waals surface area (Å²) >= 11 is 0. The lowest BCUT2D eigenvalue weighted by molar-refractivity contribution is 0.0651. The number of aryl methyl sites for hydroxylation is 1. The van der Waals surface area contributed by atoms with Crippen molar-refractivity contribution in [2.24, 2.45) is 11.7 Å². The van der Waals surface area contributed by atoms with Gasteiger partial charge in [-0.25, -0.2) is 0 Å². The standard InChI is InChI=1S/C15H23N3O/c1-3-18(14-6-4-5-12(14)8-16)15(19)13-7-11(2)9-17-10-13/h7,9-10,12,14H,3-6,8,16H2,1-2H3. The molecule has 1 aliphatic rings. The molecule has 1 saturated carbocycles. The maximum Gasteiger partial charge on any atom is 0.255 e. The van der Waals surface area contributed by atoms with Crippen LogP contribution in [-0.4, -0.2) is 34.9 Å². The third kappa shape index (κ3) is 2.95. The molecule has 1 amide bonds. The maximum atomic E-state index is 12.6. The molecule has 0 spiro atoms. The highest BCUT2D eigenvalue weighted by molar-refractivity contribution is 5.94. The maximum absolute atomic E-state index is 12.6. The molecule has 0 aromatic carbocycles. The lowest BCUT2D eigenvalue weighted by Crippen LogP contribution is -2.44. The minimum Gasteiger partial charge on any atom is -0.336 e. The quantitative estimate of drug-likeness (QED) is 0.901. The fourth-order valence-electron chi connectivity index (χ4n) is 3.07. The second kappa shape index (κ2) is 6.15. The fourth-order valence-corrected chi connectivity index (χ4v) is 3.07. The number of nitrogens with two attached hydrogens (primary N) is 1. The second-order valence-electron chi connectivity index (χ2n) is 5.34. The monoisotopic (exact) mass is 261 g/mol. The lowest BCUT2D eigenvalue weighted by atomic mass is 10.0. The molecule has 1 aliphatic carbocycles. The van der Waals surface area contributed by atoms with Crippen LogP contribution in [0.25, 0.3) is 0 Å². The van der Waals surface area contributed by atoms with Crippen molar-refractivity contribution < 1.29 is 4.79 Å². The van der Waals surface area contributed by atoms with Gasteiger partial charge < -0.3 is 10.6 Å². The minimum absolute atomic E-state index is 0.0871. The molecule has 2 N–H and O–H groups in total. The van der Waals surface area contributed by atoms with Crippen molar-refractivity contribution >= 4 is 5.91 Å². The molecule has 1 fully saturated rings. The van der Waals surface area contributed by atoms with E-state index in [1.165, 1.54) is 6.42 Å². The third-order valence-corrected chi connectivity index (χ3v) is 4.05. The van der Waals surface area contributed by atoms with E-state index in [0.29, 0.717) is 24.1 Å². The summed E-state index contributed by atoms with van der Waals surface area (Å²) in [7, 11) is 0. The van der Waals surface area contributed by atoms with Gasteiger partial charge in [-0.2, -0.15) is 0 Å². The summed E-state index contributed by atoms with van der Waals surface area (Å²) in [5, 5.41) is 0. The Balaban J connectivity index is 2.19. The van der Waals surface area contributed by atoms with Crippen LogP contribution in [0.3, 0.4) is 0 Å². The highest BCUT2D eigenvalue weighted by Gasteiger charge is 2.33. The summed E-state index contributed by atoms with van der Waals surface area (Å²) in [6.07, 6.45) is 6.80. The van der Waals surface area contributed by atoms with Crippen LogP contribution < -0.4 is 5.73 Å². The topological polar surface area (TPSA) is 59.2 Å². The Bertz CT molecular complexity index is 447. The van der Waals surface area contributed by atoms with E-state index in [1.807, 2.05) is 24.8 Å². The van der Waals surface area contributed by atoms with Gasteiger partial charge in [0.2, 0.25) is 0 Å². The minimum atomic E-state index is 0.0871. The van der Waals surface area contributed by atoms with Crippen molar-refractivity contribution in [1.29, 1.82) is 0 Å². The van der Waals surface area contributed by atoms with E-state index in [-0.39, 0.29) is 5.91 Å². The molecule has 2 unspecified atom stereocenters. The molecule has 19 heavy (non-hydrogen) atoms. The Morgan fingerprint density at radius 3 is 2.89 bits per heavy atom. The number of hydrogen-bond acceptors (Lipinski definition) is 3. The first kappa shape index (κ1) is 14.0. The number of nitrogens with zero attached hydrogens (tertiary/aromatic N) is 2. The zero-order chi connectivity index (χ0) is 13.8. The molecular weight excluding hydrogens is 238 g/mol. The van der Waals surface area contributed by atoms with E-state index >= 15 is 0 Å². The molecule has 0 aliphatic heterocycles. The van der Waals surface area contributed by atoms with Gasteiger partial charge in [0.25, 0.3) is 5.91 Å². The summed E-state index contributed by atoms with van der Waals surface area (Å²) < 4.78 is 0. The van der Waals surface area contributed by atoms with Gasteiger partial charge in [0.15, 0.2) is 0 Å². The molecule has 2 rings (SSSR count). The molecule has 0 radical (unpaired) electrons. The van der Waals surface area contributed by atoms with Gasteiger partial charge >= 0.3 is 0 Å². The zero-order valence-electron chi connectivity index (χ0n) is 11.8. The average Bonchev–Trinajstić information content (AvgIpc) is 2.88. The molecule has 1 heterocycles. The number of amides is 1. The Morgan fingerprint density at radius 2 is 2.26 bits per heavy atom. The molecule has 4 heteroatoms. The molecule has 0 bridgehead atoms. The molecule has 104 valence electrons. The number of hydrogen-bond donors (Lipinski definition) is 1. The lowest BCUT2D eigenvalue weighted by Gasteiger charge is -2.32. The van der Waals surface area contributed by atoms with Gasteiger partial charge in [-0.05, 0) is 50.8 Å². The normalized spacial score (nSPS) is 22.5. The SMILES string of the molecule is CCN(C(=O)c1cncc(C)c1)C1CCCC1CN. The van der Waals surface area contributed by atoms with Crippen molar-refractivity contribution in [3.05, 3.63) is 29.6 Å². The van der Waals surface area contributed by atoms with Gasteiger partial charge in [0.1, 0.15) is 0 Å². The van der Waals surface area contributed by atoms with E-state index in [9.17, 15) is 4.79 Å². The van der Waals surface area contributed by atoms with Crippen molar-refractivity contribution in [2.75, 3.05) is 13.1 Å². The molecule has 1 aromatic rings. The summed E-state index contributed by atoms with van der Waals surface area (Å²) in [4.78, 5) is 18.7. The smallest absolute Gasteiger partial charge is 0.255 e. The summed E-state index contributed by atoms with van der Waals surface area (Å²) in [5.74, 6) is 0.533. The van der Waals surface area contributed by atoms with E-state index in [4.69, 9.17) is 5.73 Å². The molecule has 2 atom stereocenters. The van der Waals surface area contributed by atoms with E-state index in [0.717, 1.165) is 24.9 Å². The van der Waals surface area contributed by atoms with Crippen molar-refractivity contribution in [3.8, 4) is 0 Å². The number of carbonyl (C=O) groups is 1. The van der Waals surface area contributed by atoms with Gasteiger partial charge in [-0.3, -0.25) is 9.78 Å². The Hall–Kier alpha value is -1.42. The number of pyridine rings is 1. The first-order chi connectivity index (χ1) is 9.17. The fraction of sp³-hybridized carbons (Fsp3) is 0.600. The van der Waals surface area contributed by atoms with E-state index in [1.54, 1.807) is 12.4 Å².